The minimum Gasteiger partial charge on any atom is -0.497 e. The third kappa shape index (κ3) is 4.13. The van der Waals surface area contributed by atoms with Crippen LogP contribution in [0.3, 0.4) is 0 Å². The van der Waals surface area contributed by atoms with E-state index in [9.17, 15) is 14.4 Å². The van der Waals surface area contributed by atoms with E-state index in [2.05, 4.69) is 10.6 Å². The lowest BCUT2D eigenvalue weighted by atomic mass is 9.73. The molecule has 0 unspecified atom stereocenters. The highest BCUT2D eigenvalue weighted by atomic mass is 16.5. The average molecular weight is 387 g/mol. The van der Waals surface area contributed by atoms with Crippen LogP contribution < -0.4 is 15.4 Å². The topological polar surface area (TPSA) is 87.7 Å². The van der Waals surface area contributed by atoms with Gasteiger partial charge < -0.3 is 15.4 Å². The quantitative estimate of drug-likeness (QED) is 0.555. The molecule has 1 aromatic rings. The van der Waals surface area contributed by atoms with Crippen molar-refractivity contribution in [2.45, 2.75) is 51.0 Å². The van der Waals surface area contributed by atoms with Crippen molar-refractivity contribution in [3.63, 3.8) is 0 Å². The third-order valence-corrected chi connectivity index (χ3v) is 5.93. The van der Waals surface area contributed by atoms with Gasteiger partial charge >= 0.3 is 6.03 Å². The Hall–Kier alpha value is -2.57. The maximum atomic E-state index is 12.9. The normalized spacial score (nSPS) is 24.4. The van der Waals surface area contributed by atoms with Crippen LogP contribution in [0, 0.1) is 5.92 Å². The number of aryl methyl sites for hydroxylation is 1. The van der Waals surface area contributed by atoms with E-state index in [1.165, 1.54) is 0 Å². The molecular weight excluding hydrogens is 358 g/mol. The fraction of sp³-hybridized carbons (Fsp3) is 0.571. The van der Waals surface area contributed by atoms with Crippen LogP contribution in [0.1, 0.15) is 44.6 Å². The lowest BCUT2D eigenvalue weighted by molar-refractivity contribution is -0.137. The maximum absolute atomic E-state index is 12.9. The lowest BCUT2D eigenvalue weighted by Gasteiger charge is -2.36. The Labute approximate surface area is 165 Å². The molecule has 7 nitrogen and oxygen atoms in total. The van der Waals surface area contributed by atoms with Crippen molar-refractivity contribution in [3.05, 3.63) is 29.8 Å². The number of hydrogen-bond donors (Lipinski definition) is 2. The van der Waals surface area contributed by atoms with E-state index >= 15 is 0 Å². The number of carbonyl (C=O) groups excluding carboxylic acids is 3. The number of hydrogen-bond acceptors (Lipinski definition) is 4. The molecule has 4 amide bonds. The average Bonchev–Trinajstić information content (AvgIpc) is 2.93. The summed E-state index contributed by atoms with van der Waals surface area (Å²) in [5.41, 5.74) is 0.349. The van der Waals surface area contributed by atoms with Crippen LogP contribution in [0.25, 0.3) is 0 Å². The van der Waals surface area contributed by atoms with Gasteiger partial charge in [-0.2, -0.15) is 0 Å². The largest absolute Gasteiger partial charge is 0.497 e. The maximum Gasteiger partial charge on any atom is 0.325 e. The molecule has 2 atom stereocenters. The number of rotatable bonds is 7. The van der Waals surface area contributed by atoms with E-state index in [1.54, 1.807) is 7.11 Å². The first kappa shape index (κ1) is 20.2. The molecule has 1 saturated carbocycles. The Morgan fingerprint density at radius 1 is 1.29 bits per heavy atom. The van der Waals surface area contributed by atoms with Gasteiger partial charge in [0.15, 0.2) is 0 Å². The van der Waals surface area contributed by atoms with Crippen molar-refractivity contribution >= 4 is 17.8 Å². The Bertz CT molecular complexity index is 734. The Balaban J connectivity index is 1.45. The van der Waals surface area contributed by atoms with Gasteiger partial charge in [0.2, 0.25) is 5.91 Å². The first-order valence-electron chi connectivity index (χ1n) is 10.00. The molecule has 1 heterocycles. The zero-order valence-electron chi connectivity index (χ0n) is 16.6. The van der Waals surface area contributed by atoms with Crippen molar-refractivity contribution < 1.29 is 19.1 Å². The predicted octanol–water partition coefficient (Wildman–Crippen LogP) is 2.24. The van der Waals surface area contributed by atoms with Crippen LogP contribution in [0.2, 0.25) is 0 Å². The molecule has 1 aromatic carbocycles. The van der Waals surface area contributed by atoms with Gasteiger partial charge in [-0.1, -0.05) is 31.9 Å². The molecular formula is C21H29N3O4. The number of nitrogens with one attached hydrogen (secondary N) is 2. The molecule has 28 heavy (non-hydrogen) atoms. The van der Waals surface area contributed by atoms with Gasteiger partial charge in [-0.15, -0.1) is 0 Å². The van der Waals surface area contributed by atoms with Crippen LogP contribution >= 0.6 is 0 Å². The number of ether oxygens (including phenoxy) is 1. The van der Waals surface area contributed by atoms with Crippen molar-refractivity contribution in [1.82, 2.24) is 15.5 Å². The lowest BCUT2D eigenvalue weighted by Crippen LogP contribution is -2.54. The Morgan fingerprint density at radius 3 is 2.71 bits per heavy atom. The van der Waals surface area contributed by atoms with E-state index in [4.69, 9.17) is 4.74 Å². The van der Waals surface area contributed by atoms with Crippen LogP contribution in [0.4, 0.5) is 4.79 Å². The molecule has 152 valence electrons. The van der Waals surface area contributed by atoms with Gasteiger partial charge in [0.25, 0.3) is 5.91 Å². The number of methoxy groups -OCH3 is 1. The molecule has 0 radical (unpaired) electrons. The second kappa shape index (κ2) is 8.63. The molecule has 7 heteroatoms. The molecule has 1 saturated heterocycles. The van der Waals surface area contributed by atoms with E-state index in [1.807, 2.05) is 31.2 Å². The monoisotopic (exact) mass is 387 g/mol. The fourth-order valence-electron chi connectivity index (χ4n) is 4.15. The predicted molar refractivity (Wildman–Crippen MR) is 105 cm³/mol. The van der Waals surface area contributed by atoms with Crippen LogP contribution in [-0.4, -0.2) is 48.5 Å². The minimum absolute atomic E-state index is 0.0928. The second-order valence-electron chi connectivity index (χ2n) is 7.74. The zero-order chi connectivity index (χ0) is 20.1. The van der Waals surface area contributed by atoms with Gasteiger partial charge in [0, 0.05) is 6.54 Å². The molecule has 1 aliphatic carbocycles. The summed E-state index contributed by atoms with van der Waals surface area (Å²) in [6.07, 6.45) is 5.16. The summed E-state index contributed by atoms with van der Waals surface area (Å²) >= 11 is 0. The first-order valence-corrected chi connectivity index (χ1v) is 10.00. The number of imide groups is 1. The Kier molecular flexibility index (Phi) is 6.21. The molecule has 2 N–H and O–H groups in total. The van der Waals surface area contributed by atoms with Gasteiger partial charge in [-0.3, -0.25) is 14.5 Å². The first-order chi connectivity index (χ1) is 13.5. The van der Waals surface area contributed by atoms with E-state index in [0.717, 1.165) is 48.3 Å². The highest BCUT2D eigenvalue weighted by Gasteiger charge is 2.55. The second-order valence-corrected chi connectivity index (χ2v) is 7.74. The molecule has 3 rings (SSSR count). The summed E-state index contributed by atoms with van der Waals surface area (Å²) in [6, 6.07) is 7.37. The number of nitrogens with zero attached hydrogens (tertiary/aromatic N) is 1. The molecule has 2 fully saturated rings. The van der Waals surface area contributed by atoms with Gasteiger partial charge in [0.05, 0.1) is 7.11 Å². The molecule has 1 aliphatic heterocycles. The Morgan fingerprint density at radius 2 is 2.04 bits per heavy atom. The minimum atomic E-state index is -0.815. The molecule has 2 aliphatic rings. The van der Waals surface area contributed by atoms with Crippen LogP contribution in [-0.2, 0) is 16.0 Å². The van der Waals surface area contributed by atoms with Crippen molar-refractivity contribution in [3.8, 4) is 5.75 Å². The summed E-state index contributed by atoms with van der Waals surface area (Å²) < 4.78 is 5.13. The van der Waals surface area contributed by atoms with E-state index in [0.29, 0.717) is 13.0 Å². The van der Waals surface area contributed by atoms with Gasteiger partial charge in [0.1, 0.15) is 17.8 Å². The van der Waals surface area contributed by atoms with Crippen molar-refractivity contribution in [2.24, 2.45) is 5.92 Å². The van der Waals surface area contributed by atoms with Crippen LogP contribution in [0.15, 0.2) is 24.3 Å². The summed E-state index contributed by atoms with van der Waals surface area (Å²) in [5.74, 6) is 0.350. The number of carbonyl (C=O) groups is 3. The standard InChI is InChI=1S/C21H29N3O4/c1-15-6-3-4-12-21(15)19(26)24(20(27)23-21)14-18(25)22-13-5-7-16-8-10-17(28-2)11-9-16/h8-11,15H,3-7,12-14H2,1-2H3,(H,22,25)(H,23,27)/t15-,21+/m0/s1. The third-order valence-electron chi connectivity index (χ3n) is 5.93. The van der Waals surface area contributed by atoms with Crippen molar-refractivity contribution in [1.29, 1.82) is 0 Å². The molecule has 0 bridgehead atoms. The SMILES string of the molecule is COc1ccc(CCCNC(=O)CN2C(=O)N[C@@]3(CCCC[C@@H]3C)C2=O)cc1. The van der Waals surface area contributed by atoms with E-state index < -0.39 is 11.6 Å². The van der Waals surface area contributed by atoms with Gasteiger partial charge in [-0.05, 0) is 49.3 Å². The summed E-state index contributed by atoms with van der Waals surface area (Å²) in [5, 5.41) is 5.68. The smallest absolute Gasteiger partial charge is 0.325 e. The van der Waals surface area contributed by atoms with E-state index in [-0.39, 0.29) is 24.3 Å². The number of urea groups is 1. The van der Waals surface area contributed by atoms with Gasteiger partial charge in [-0.25, -0.2) is 4.79 Å². The van der Waals surface area contributed by atoms with Crippen molar-refractivity contribution in [2.75, 3.05) is 20.2 Å². The summed E-state index contributed by atoms with van der Waals surface area (Å²) in [4.78, 5) is 38.5. The summed E-state index contributed by atoms with van der Waals surface area (Å²) in [6.45, 7) is 2.28. The number of amides is 4. The fourth-order valence-corrected chi connectivity index (χ4v) is 4.15. The number of benzene rings is 1. The molecule has 1 spiro atoms. The highest BCUT2D eigenvalue weighted by Crippen LogP contribution is 2.38. The van der Waals surface area contributed by atoms with Crippen LogP contribution in [0.5, 0.6) is 5.75 Å². The highest BCUT2D eigenvalue weighted by molar-refractivity contribution is 6.09. The zero-order valence-corrected chi connectivity index (χ0v) is 16.6. The summed E-state index contributed by atoms with van der Waals surface area (Å²) in [7, 11) is 1.63. The molecule has 0 aromatic heterocycles.